The van der Waals surface area contributed by atoms with Crippen LogP contribution >= 0.6 is 22.9 Å². The number of halogens is 1. The number of rotatable bonds is 3. The number of thiazole rings is 1. The number of hydrogen-bond acceptors (Lipinski definition) is 2. The molecule has 0 bridgehead atoms. The van der Waals surface area contributed by atoms with Gasteiger partial charge in [0.2, 0.25) is 0 Å². The Morgan fingerprint density at radius 1 is 1.17 bits per heavy atom. The first kappa shape index (κ1) is 13.6. The highest BCUT2D eigenvalue weighted by Gasteiger charge is 2.13. The topological polar surface area (TPSA) is 12.9 Å². The van der Waals surface area contributed by atoms with Crippen LogP contribution in [0.25, 0.3) is 0 Å². The van der Waals surface area contributed by atoms with Crippen LogP contribution in [0.5, 0.6) is 0 Å². The Morgan fingerprint density at radius 2 is 1.83 bits per heavy atom. The zero-order chi connectivity index (χ0) is 13.2. The summed E-state index contributed by atoms with van der Waals surface area (Å²) in [6.45, 7) is 6.72. The van der Waals surface area contributed by atoms with Crippen LogP contribution in [0.1, 0.15) is 37.0 Å². The van der Waals surface area contributed by atoms with E-state index in [1.54, 1.807) is 11.3 Å². The maximum absolute atomic E-state index is 5.88. The van der Waals surface area contributed by atoms with Gasteiger partial charge in [0.25, 0.3) is 0 Å². The van der Waals surface area contributed by atoms with Crippen molar-refractivity contribution in [2.75, 3.05) is 0 Å². The molecule has 1 heterocycles. The lowest BCUT2D eigenvalue weighted by Crippen LogP contribution is -2.09. The molecule has 1 aromatic heterocycles. The molecule has 18 heavy (non-hydrogen) atoms. The summed E-state index contributed by atoms with van der Waals surface area (Å²) in [4.78, 5) is 4.70. The van der Waals surface area contributed by atoms with E-state index in [-0.39, 0.29) is 0 Å². The van der Waals surface area contributed by atoms with Gasteiger partial charge in [-0.25, -0.2) is 4.98 Å². The fraction of sp³-hybridized carbons (Fsp3) is 0.400. The second-order valence-electron chi connectivity index (χ2n) is 5.77. The van der Waals surface area contributed by atoms with Crippen LogP contribution in [-0.4, -0.2) is 4.98 Å². The molecular weight excluding hydrogens is 262 g/mol. The average Bonchev–Trinajstić information content (AvgIpc) is 2.66. The van der Waals surface area contributed by atoms with Gasteiger partial charge >= 0.3 is 0 Å². The summed E-state index contributed by atoms with van der Waals surface area (Å²) < 4.78 is 0. The third kappa shape index (κ3) is 4.11. The van der Waals surface area contributed by atoms with Crippen molar-refractivity contribution in [3.63, 3.8) is 0 Å². The van der Waals surface area contributed by atoms with E-state index >= 15 is 0 Å². The standard InChI is InChI=1S/C15H18ClNS/c1-15(2,3)9-13-10-18-14(17-13)8-11-4-6-12(16)7-5-11/h4-7,10H,8-9H2,1-3H3. The molecule has 96 valence electrons. The average molecular weight is 280 g/mol. The summed E-state index contributed by atoms with van der Waals surface area (Å²) in [6.07, 6.45) is 1.93. The smallest absolute Gasteiger partial charge is 0.0972 e. The van der Waals surface area contributed by atoms with Crippen molar-refractivity contribution in [1.82, 2.24) is 4.98 Å². The number of benzene rings is 1. The third-order valence-corrected chi connectivity index (χ3v) is 3.73. The van der Waals surface area contributed by atoms with Crippen LogP contribution in [-0.2, 0) is 12.8 Å². The van der Waals surface area contributed by atoms with Gasteiger partial charge < -0.3 is 0 Å². The highest BCUT2D eigenvalue weighted by Crippen LogP contribution is 2.23. The van der Waals surface area contributed by atoms with Gasteiger partial charge in [0.15, 0.2) is 0 Å². The van der Waals surface area contributed by atoms with Crippen molar-refractivity contribution >= 4 is 22.9 Å². The van der Waals surface area contributed by atoms with E-state index in [0.29, 0.717) is 5.41 Å². The Kier molecular flexibility index (Phi) is 4.08. The molecule has 0 aliphatic carbocycles. The van der Waals surface area contributed by atoms with Crippen LogP contribution in [0, 0.1) is 5.41 Å². The largest absolute Gasteiger partial charge is 0.246 e. The van der Waals surface area contributed by atoms with Gasteiger partial charge in [-0.15, -0.1) is 11.3 Å². The van der Waals surface area contributed by atoms with Crippen molar-refractivity contribution in [2.24, 2.45) is 5.41 Å². The highest BCUT2D eigenvalue weighted by molar-refractivity contribution is 7.09. The molecule has 0 saturated heterocycles. The monoisotopic (exact) mass is 279 g/mol. The number of nitrogens with zero attached hydrogens (tertiary/aromatic N) is 1. The van der Waals surface area contributed by atoms with Crippen LogP contribution in [0.3, 0.4) is 0 Å². The first-order valence-corrected chi connectivity index (χ1v) is 7.36. The SMILES string of the molecule is CC(C)(C)Cc1csc(Cc2ccc(Cl)cc2)n1. The molecule has 0 aliphatic heterocycles. The highest BCUT2D eigenvalue weighted by atomic mass is 35.5. The van der Waals surface area contributed by atoms with Crippen molar-refractivity contribution in [2.45, 2.75) is 33.6 Å². The van der Waals surface area contributed by atoms with E-state index in [1.807, 2.05) is 12.1 Å². The molecule has 0 atom stereocenters. The molecule has 1 aromatic carbocycles. The summed E-state index contributed by atoms with van der Waals surface area (Å²) in [6, 6.07) is 7.99. The van der Waals surface area contributed by atoms with E-state index in [4.69, 9.17) is 16.6 Å². The van der Waals surface area contributed by atoms with Gasteiger partial charge in [0.1, 0.15) is 0 Å². The predicted molar refractivity (Wildman–Crippen MR) is 79.5 cm³/mol. The van der Waals surface area contributed by atoms with E-state index in [1.165, 1.54) is 16.3 Å². The first-order valence-electron chi connectivity index (χ1n) is 6.10. The zero-order valence-corrected chi connectivity index (χ0v) is 12.6. The van der Waals surface area contributed by atoms with Gasteiger partial charge in [-0.2, -0.15) is 0 Å². The quantitative estimate of drug-likeness (QED) is 0.772. The second kappa shape index (κ2) is 5.41. The van der Waals surface area contributed by atoms with Gasteiger partial charge in [0, 0.05) is 16.8 Å². The maximum Gasteiger partial charge on any atom is 0.0972 e. The molecule has 3 heteroatoms. The van der Waals surface area contributed by atoms with Crippen LogP contribution in [0.4, 0.5) is 0 Å². The van der Waals surface area contributed by atoms with Gasteiger partial charge in [-0.1, -0.05) is 44.5 Å². The summed E-state index contributed by atoms with van der Waals surface area (Å²) in [5, 5.41) is 4.14. The lowest BCUT2D eigenvalue weighted by molar-refractivity contribution is 0.407. The third-order valence-electron chi connectivity index (χ3n) is 2.58. The summed E-state index contributed by atoms with van der Waals surface area (Å²) >= 11 is 7.62. The van der Waals surface area contributed by atoms with E-state index in [9.17, 15) is 0 Å². The normalized spacial score (nSPS) is 11.8. The van der Waals surface area contributed by atoms with Crippen LogP contribution < -0.4 is 0 Å². The summed E-state index contributed by atoms with van der Waals surface area (Å²) in [7, 11) is 0. The molecule has 2 rings (SSSR count). The van der Waals surface area contributed by atoms with Crippen molar-refractivity contribution in [3.05, 3.63) is 50.9 Å². The minimum absolute atomic E-state index is 0.297. The van der Waals surface area contributed by atoms with Gasteiger partial charge in [-0.05, 0) is 29.5 Å². The summed E-state index contributed by atoms with van der Waals surface area (Å²) in [5.41, 5.74) is 2.76. The Morgan fingerprint density at radius 3 is 2.44 bits per heavy atom. The molecule has 0 aliphatic rings. The summed E-state index contributed by atoms with van der Waals surface area (Å²) in [5.74, 6) is 0. The molecule has 0 unspecified atom stereocenters. The molecular formula is C15H18ClNS. The lowest BCUT2D eigenvalue weighted by atomic mass is 9.91. The molecule has 2 aromatic rings. The minimum Gasteiger partial charge on any atom is -0.246 e. The Hall–Kier alpha value is -0.860. The second-order valence-corrected chi connectivity index (χ2v) is 7.15. The van der Waals surface area contributed by atoms with E-state index in [0.717, 1.165) is 17.9 Å². The molecule has 0 saturated carbocycles. The van der Waals surface area contributed by atoms with Crippen molar-refractivity contribution in [3.8, 4) is 0 Å². The maximum atomic E-state index is 5.88. The van der Waals surface area contributed by atoms with Crippen LogP contribution in [0.15, 0.2) is 29.6 Å². The fourth-order valence-electron chi connectivity index (χ4n) is 1.83. The number of aromatic nitrogens is 1. The van der Waals surface area contributed by atoms with Crippen molar-refractivity contribution < 1.29 is 0 Å². The number of hydrogen-bond donors (Lipinski definition) is 0. The molecule has 0 spiro atoms. The first-order chi connectivity index (χ1) is 8.42. The zero-order valence-electron chi connectivity index (χ0n) is 11.0. The molecule has 1 nitrogen and oxygen atoms in total. The molecule has 0 radical (unpaired) electrons. The fourth-order valence-corrected chi connectivity index (χ4v) is 2.79. The van der Waals surface area contributed by atoms with Crippen molar-refractivity contribution in [1.29, 1.82) is 0 Å². The van der Waals surface area contributed by atoms with E-state index in [2.05, 4.69) is 38.3 Å². The minimum atomic E-state index is 0.297. The molecule has 0 amide bonds. The molecule has 0 N–H and O–H groups in total. The van der Waals surface area contributed by atoms with Gasteiger partial charge in [-0.3, -0.25) is 0 Å². The molecule has 0 fully saturated rings. The van der Waals surface area contributed by atoms with E-state index < -0.39 is 0 Å². The Balaban J connectivity index is 2.04. The Bertz CT molecular complexity index is 508. The van der Waals surface area contributed by atoms with Gasteiger partial charge in [0.05, 0.1) is 10.7 Å². The Labute approximate surface area is 118 Å². The lowest BCUT2D eigenvalue weighted by Gasteiger charge is -2.15. The predicted octanol–water partition coefficient (Wildman–Crippen LogP) is 4.98. The van der Waals surface area contributed by atoms with Crippen LogP contribution in [0.2, 0.25) is 5.02 Å².